The van der Waals surface area contributed by atoms with E-state index in [0.29, 0.717) is 30.5 Å². The lowest BCUT2D eigenvalue weighted by Gasteiger charge is -2.39. The highest BCUT2D eigenvalue weighted by Gasteiger charge is 2.34. The molecule has 2 atom stereocenters. The molecule has 1 aliphatic heterocycles. The topological polar surface area (TPSA) is 53.4 Å². The summed E-state index contributed by atoms with van der Waals surface area (Å²) < 4.78 is 14.0. The number of amides is 1. The summed E-state index contributed by atoms with van der Waals surface area (Å²) in [7, 11) is 0. The summed E-state index contributed by atoms with van der Waals surface area (Å²) in [5.74, 6) is -0.433. The van der Waals surface area contributed by atoms with Crippen LogP contribution in [0.15, 0.2) is 42.7 Å². The molecule has 0 bridgehead atoms. The van der Waals surface area contributed by atoms with Gasteiger partial charge in [0.15, 0.2) is 0 Å². The predicted octanol–water partition coefficient (Wildman–Crippen LogP) is 2.74. The number of rotatable bonds is 3. The normalized spacial score (nSPS) is 20.9. The molecule has 2 aromatic rings. The molecule has 0 spiro atoms. The second kappa shape index (κ2) is 7.09. The van der Waals surface area contributed by atoms with E-state index in [1.165, 1.54) is 6.07 Å². The van der Waals surface area contributed by atoms with Crippen LogP contribution in [-0.4, -0.2) is 39.6 Å². The first-order chi connectivity index (χ1) is 11.6. The fourth-order valence-corrected chi connectivity index (χ4v) is 3.29. The molecule has 4 nitrogen and oxygen atoms in total. The van der Waals surface area contributed by atoms with Crippen molar-refractivity contribution in [3.8, 4) is 0 Å². The van der Waals surface area contributed by atoms with Crippen LogP contribution in [0.25, 0.3) is 0 Å². The Balaban J connectivity index is 1.88. The van der Waals surface area contributed by atoms with Gasteiger partial charge in [-0.25, -0.2) is 4.39 Å². The van der Waals surface area contributed by atoms with Gasteiger partial charge in [0.1, 0.15) is 5.82 Å². The maximum absolute atomic E-state index is 14.0. The van der Waals surface area contributed by atoms with Crippen LogP contribution in [0.1, 0.15) is 34.3 Å². The molecule has 5 heteroatoms. The van der Waals surface area contributed by atoms with Gasteiger partial charge in [-0.05, 0) is 49.4 Å². The monoisotopic (exact) mass is 328 g/mol. The molecule has 1 N–H and O–H groups in total. The first-order valence-corrected chi connectivity index (χ1v) is 8.21. The number of carbonyl (C=O) groups is 1. The Hall–Kier alpha value is -2.27. The highest BCUT2D eigenvalue weighted by molar-refractivity contribution is 5.95. The van der Waals surface area contributed by atoms with E-state index in [-0.39, 0.29) is 11.7 Å². The van der Waals surface area contributed by atoms with Crippen molar-refractivity contribution in [1.29, 1.82) is 0 Å². The molecular weight excluding hydrogens is 307 g/mol. The summed E-state index contributed by atoms with van der Waals surface area (Å²) in [4.78, 5) is 18.6. The number of aryl methyl sites for hydroxylation is 1. The summed E-state index contributed by atoms with van der Waals surface area (Å²) in [5.41, 5.74) is 1.90. The van der Waals surface area contributed by atoms with Gasteiger partial charge in [-0.2, -0.15) is 0 Å². The Labute approximate surface area is 141 Å². The molecule has 0 saturated carbocycles. The lowest BCUT2D eigenvalue weighted by molar-refractivity contribution is 0.0115. The molecule has 0 unspecified atom stereocenters. The molecule has 1 aromatic carbocycles. The average Bonchev–Trinajstić information content (AvgIpc) is 2.58. The number of likely N-dealkylation sites (tertiary alicyclic amines) is 1. The van der Waals surface area contributed by atoms with Gasteiger partial charge in [-0.15, -0.1) is 0 Å². The number of hydrogen-bond donors (Lipinski definition) is 1. The van der Waals surface area contributed by atoms with E-state index >= 15 is 0 Å². The lowest BCUT2D eigenvalue weighted by Crippen LogP contribution is -2.52. The molecule has 1 aliphatic rings. The van der Waals surface area contributed by atoms with Gasteiger partial charge in [-0.3, -0.25) is 9.78 Å². The molecule has 1 aromatic heterocycles. The number of aromatic nitrogens is 1. The summed E-state index contributed by atoms with van der Waals surface area (Å²) in [5, 5.41) is 10.4. The van der Waals surface area contributed by atoms with Crippen LogP contribution in [0, 0.1) is 12.7 Å². The van der Waals surface area contributed by atoms with Crippen LogP contribution >= 0.6 is 0 Å². The second-order valence-corrected chi connectivity index (χ2v) is 6.26. The zero-order valence-corrected chi connectivity index (χ0v) is 13.7. The average molecular weight is 328 g/mol. The molecule has 1 amide bonds. The second-order valence-electron chi connectivity index (χ2n) is 6.26. The van der Waals surface area contributed by atoms with Crippen molar-refractivity contribution in [1.82, 2.24) is 9.88 Å². The number of piperidine rings is 1. The van der Waals surface area contributed by atoms with E-state index in [1.54, 1.807) is 41.6 Å². The minimum atomic E-state index is -0.649. The minimum absolute atomic E-state index is 0.130. The summed E-state index contributed by atoms with van der Waals surface area (Å²) in [6.07, 6.45) is 4.27. The standard InChI is InChI=1S/C19H21FN2O2/c1-13-12-21-9-8-15(13)19(24)22-10-4-7-18(23)17(22)11-14-5-2-3-6-16(14)20/h2-3,5-6,8-9,12,17-18,23H,4,7,10-11H2,1H3/t17-,18-/m0/s1. The molecule has 0 radical (unpaired) electrons. The number of carbonyl (C=O) groups excluding carboxylic acids is 1. The molecule has 2 heterocycles. The van der Waals surface area contributed by atoms with Crippen LogP contribution in [0.5, 0.6) is 0 Å². The summed E-state index contributed by atoms with van der Waals surface area (Å²) >= 11 is 0. The zero-order chi connectivity index (χ0) is 17.1. The van der Waals surface area contributed by atoms with Crippen molar-refractivity contribution in [2.45, 2.75) is 38.3 Å². The molecular formula is C19H21FN2O2. The smallest absolute Gasteiger partial charge is 0.254 e. The number of nitrogens with zero attached hydrogens (tertiary/aromatic N) is 2. The highest BCUT2D eigenvalue weighted by Crippen LogP contribution is 2.25. The van der Waals surface area contributed by atoms with Gasteiger partial charge in [0.05, 0.1) is 12.1 Å². The van der Waals surface area contributed by atoms with Crippen LogP contribution in [-0.2, 0) is 6.42 Å². The van der Waals surface area contributed by atoms with E-state index in [9.17, 15) is 14.3 Å². The maximum atomic E-state index is 14.0. The SMILES string of the molecule is Cc1cnccc1C(=O)N1CCC[C@H](O)[C@@H]1Cc1ccccc1F. The molecule has 24 heavy (non-hydrogen) atoms. The first kappa shape index (κ1) is 16.6. The summed E-state index contributed by atoms with van der Waals surface area (Å²) in [6.45, 7) is 2.41. The van der Waals surface area contributed by atoms with E-state index in [2.05, 4.69) is 4.98 Å². The number of benzene rings is 1. The minimum Gasteiger partial charge on any atom is -0.391 e. The van der Waals surface area contributed by atoms with Gasteiger partial charge in [0.25, 0.3) is 5.91 Å². The molecule has 1 fully saturated rings. The van der Waals surface area contributed by atoms with E-state index in [1.807, 2.05) is 6.92 Å². The molecule has 1 saturated heterocycles. The number of aliphatic hydroxyl groups excluding tert-OH is 1. The van der Waals surface area contributed by atoms with Crippen LogP contribution in [0.2, 0.25) is 0 Å². The van der Waals surface area contributed by atoms with Crippen LogP contribution in [0.4, 0.5) is 4.39 Å². The van der Waals surface area contributed by atoms with Crippen molar-refractivity contribution in [3.63, 3.8) is 0 Å². The molecule has 0 aliphatic carbocycles. The van der Waals surface area contributed by atoms with Gasteiger partial charge < -0.3 is 10.0 Å². The summed E-state index contributed by atoms with van der Waals surface area (Å²) in [6, 6.07) is 7.79. The van der Waals surface area contributed by atoms with E-state index < -0.39 is 12.1 Å². The van der Waals surface area contributed by atoms with Crippen molar-refractivity contribution in [3.05, 3.63) is 65.2 Å². The van der Waals surface area contributed by atoms with Crippen LogP contribution in [0.3, 0.4) is 0 Å². The Morgan fingerprint density at radius 3 is 2.92 bits per heavy atom. The van der Waals surface area contributed by atoms with Gasteiger partial charge in [-0.1, -0.05) is 18.2 Å². The predicted molar refractivity (Wildman–Crippen MR) is 89.1 cm³/mol. The van der Waals surface area contributed by atoms with E-state index in [4.69, 9.17) is 0 Å². The van der Waals surface area contributed by atoms with E-state index in [0.717, 1.165) is 12.0 Å². The maximum Gasteiger partial charge on any atom is 0.254 e. The fraction of sp³-hybridized carbons (Fsp3) is 0.368. The van der Waals surface area contributed by atoms with Gasteiger partial charge in [0.2, 0.25) is 0 Å². The molecule has 126 valence electrons. The quantitative estimate of drug-likeness (QED) is 0.942. The third-order valence-electron chi connectivity index (χ3n) is 4.64. The Kier molecular flexibility index (Phi) is 4.90. The zero-order valence-electron chi connectivity index (χ0n) is 13.7. The number of pyridine rings is 1. The van der Waals surface area contributed by atoms with Crippen molar-refractivity contribution in [2.24, 2.45) is 0 Å². The Morgan fingerprint density at radius 1 is 1.38 bits per heavy atom. The van der Waals surface area contributed by atoms with Crippen LogP contribution < -0.4 is 0 Å². The van der Waals surface area contributed by atoms with Crippen molar-refractivity contribution < 1.29 is 14.3 Å². The highest BCUT2D eigenvalue weighted by atomic mass is 19.1. The van der Waals surface area contributed by atoms with Gasteiger partial charge >= 0.3 is 0 Å². The number of aliphatic hydroxyl groups is 1. The third kappa shape index (κ3) is 3.31. The third-order valence-corrected chi connectivity index (χ3v) is 4.64. The fourth-order valence-electron chi connectivity index (χ4n) is 3.29. The number of hydrogen-bond acceptors (Lipinski definition) is 3. The van der Waals surface area contributed by atoms with Gasteiger partial charge in [0, 0.05) is 24.5 Å². The Morgan fingerprint density at radius 2 is 2.17 bits per heavy atom. The lowest BCUT2D eigenvalue weighted by atomic mass is 9.92. The first-order valence-electron chi connectivity index (χ1n) is 8.21. The largest absolute Gasteiger partial charge is 0.391 e. The molecule has 3 rings (SSSR count). The van der Waals surface area contributed by atoms with Crippen molar-refractivity contribution >= 4 is 5.91 Å². The van der Waals surface area contributed by atoms with Crippen molar-refractivity contribution in [2.75, 3.05) is 6.54 Å². The Bertz CT molecular complexity index is 735. The number of halogens is 1.